The first kappa shape index (κ1) is 15.2. The number of hydrogen-bond acceptors (Lipinski definition) is 2. The van der Waals surface area contributed by atoms with E-state index in [4.69, 9.17) is 0 Å². The molecule has 0 atom stereocenters. The lowest BCUT2D eigenvalue weighted by molar-refractivity contribution is -0.121. The fraction of sp³-hybridized carbons (Fsp3) is 0.308. The predicted octanol–water partition coefficient (Wildman–Crippen LogP) is 2.78. The van der Waals surface area contributed by atoms with Crippen LogP contribution in [0.25, 0.3) is 0 Å². The Bertz CT molecular complexity index is 644. The van der Waals surface area contributed by atoms with Crippen molar-refractivity contribution in [1.29, 1.82) is 0 Å². The minimum absolute atomic E-state index is 0.154. The number of carbonyl (C=O) groups is 1. The minimum Gasteiger partial charge on any atom is -0.350 e. The standard InChI is InChI=1S/C13H9F5N2O/c14-9-4-10(15)11(19-5-9)6-20-12(21)3-7-1-8(2-7)13(16,17)18/h4-5H,1,3,6H2,(H,20,21). The lowest BCUT2D eigenvalue weighted by atomic mass is 9.94. The quantitative estimate of drug-likeness (QED) is 0.686. The van der Waals surface area contributed by atoms with E-state index in [1.165, 1.54) is 0 Å². The Morgan fingerprint density at radius 3 is 2.62 bits per heavy atom. The third kappa shape index (κ3) is 3.88. The summed E-state index contributed by atoms with van der Waals surface area (Å²) in [7, 11) is 0. The second-order valence-corrected chi connectivity index (χ2v) is 4.42. The van der Waals surface area contributed by atoms with Crippen LogP contribution in [0.1, 0.15) is 18.5 Å². The van der Waals surface area contributed by atoms with E-state index in [1.807, 2.05) is 0 Å². The molecule has 21 heavy (non-hydrogen) atoms. The zero-order valence-electron chi connectivity index (χ0n) is 10.5. The molecule has 0 aromatic carbocycles. The molecule has 0 fully saturated rings. The largest absolute Gasteiger partial charge is 0.420 e. The SMILES string of the molecule is O=C(CC1=C=C(C(F)(F)F)C1)NCc1ncc(F)cc1F. The Hall–Kier alpha value is -2.21. The molecule has 0 aliphatic heterocycles. The Labute approximate surface area is 116 Å². The Morgan fingerprint density at radius 2 is 2.05 bits per heavy atom. The number of pyridine rings is 1. The van der Waals surface area contributed by atoms with E-state index in [-0.39, 0.29) is 30.7 Å². The zero-order chi connectivity index (χ0) is 15.6. The molecule has 1 aromatic rings. The first-order chi connectivity index (χ1) is 9.75. The molecule has 8 heteroatoms. The number of rotatable bonds is 4. The molecule has 0 radical (unpaired) electrons. The second-order valence-electron chi connectivity index (χ2n) is 4.42. The summed E-state index contributed by atoms with van der Waals surface area (Å²) < 4.78 is 62.3. The van der Waals surface area contributed by atoms with Crippen molar-refractivity contribution in [2.75, 3.05) is 0 Å². The molecular formula is C13H9F5N2O. The van der Waals surface area contributed by atoms with Gasteiger partial charge < -0.3 is 5.32 Å². The molecule has 0 unspecified atom stereocenters. The number of halogens is 5. The van der Waals surface area contributed by atoms with Crippen molar-refractivity contribution in [3.05, 3.63) is 46.5 Å². The van der Waals surface area contributed by atoms with Crippen LogP contribution in [-0.4, -0.2) is 17.1 Å². The monoisotopic (exact) mass is 304 g/mol. The smallest absolute Gasteiger partial charge is 0.350 e. The number of carbonyl (C=O) groups excluding carboxylic acids is 1. The maximum atomic E-state index is 13.2. The second kappa shape index (κ2) is 5.65. The maximum absolute atomic E-state index is 13.2. The van der Waals surface area contributed by atoms with E-state index in [2.05, 4.69) is 16.0 Å². The highest BCUT2D eigenvalue weighted by molar-refractivity contribution is 5.79. The van der Waals surface area contributed by atoms with Crippen molar-refractivity contribution in [2.24, 2.45) is 0 Å². The van der Waals surface area contributed by atoms with Gasteiger partial charge in [0.2, 0.25) is 5.91 Å². The van der Waals surface area contributed by atoms with Crippen molar-refractivity contribution >= 4 is 5.91 Å². The maximum Gasteiger partial charge on any atom is 0.420 e. The van der Waals surface area contributed by atoms with Crippen molar-refractivity contribution < 1.29 is 26.7 Å². The van der Waals surface area contributed by atoms with Crippen LogP contribution in [0, 0.1) is 11.6 Å². The summed E-state index contributed by atoms with van der Waals surface area (Å²) in [4.78, 5) is 14.9. The summed E-state index contributed by atoms with van der Waals surface area (Å²) in [5, 5.41) is 2.30. The third-order valence-corrected chi connectivity index (χ3v) is 2.77. The number of hydrogen-bond donors (Lipinski definition) is 1. The third-order valence-electron chi connectivity index (χ3n) is 2.77. The Morgan fingerprint density at radius 1 is 1.38 bits per heavy atom. The number of nitrogens with one attached hydrogen (secondary N) is 1. The van der Waals surface area contributed by atoms with E-state index in [0.717, 1.165) is 6.20 Å². The highest BCUT2D eigenvalue weighted by Gasteiger charge is 2.37. The van der Waals surface area contributed by atoms with Crippen LogP contribution in [0.15, 0.2) is 29.1 Å². The molecule has 0 saturated heterocycles. The van der Waals surface area contributed by atoms with Crippen LogP contribution in [0.4, 0.5) is 22.0 Å². The van der Waals surface area contributed by atoms with E-state index in [0.29, 0.717) is 6.07 Å². The van der Waals surface area contributed by atoms with Gasteiger partial charge in [-0.1, -0.05) is 0 Å². The Kier molecular flexibility index (Phi) is 4.09. The van der Waals surface area contributed by atoms with Crippen LogP contribution < -0.4 is 5.32 Å². The molecule has 1 amide bonds. The van der Waals surface area contributed by atoms with Crippen molar-refractivity contribution in [2.45, 2.75) is 25.6 Å². The van der Waals surface area contributed by atoms with Gasteiger partial charge in [0.25, 0.3) is 0 Å². The van der Waals surface area contributed by atoms with Gasteiger partial charge in [0.1, 0.15) is 11.6 Å². The van der Waals surface area contributed by atoms with Crippen LogP contribution in [-0.2, 0) is 11.3 Å². The fourth-order valence-corrected chi connectivity index (χ4v) is 1.70. The van der Waals surface area contributed by atoms with Crippen LogP contribution in [0.5, 0.6) is 0 Å². The van der Waals surface area contributed by atoms with Gasteiger partial charge in [-0.05, 0) is 5.57 Å². The van der Waals surface area contributed by atoms with Gasteiger partial charge in [-0.2, -0.15) is 13.2 Å². The highest BCUT2D eigenvalue weighted by atomic mass is 19.4. The number of nitrogens with zero attached hydrogens (tertiary/aromatic N) is 1. The zero-order valence-corrected chi connectivity index (χ0v) is 10.5. The first-order valence-electron chi connectivity index (χ1n) is 5.87. The van der Waals surface area contributed by atoms with E-state index in [1.54, 1.807) is 0 Å². The van der Waals surface area contributed by atoms with Crippen LogP contribution in [0.3, 0.4) is 0 Å². The molecule has 1 aliphatic carbocycles. The molecular weight excluding hydrogens is 295 g/mol. The normalized spacial score (nSPS) is 14.1. The van der Waals surface area contributed by atoms with Gasteiger partial charge in [0.05, 0.1) is 30.4 Å². The average Bonchev–Trinajstić information content (AvgIpc) is 2.30. The number of aromatic nitrogens is 1. The summed E-state index contributed by atoms with van der Waals surface area (Å²) in [5.41, 5.74) is 1.36. The van der Waals surface area contributed by atoms with Gasteiger partial charge in [-0.25, -0.2) is 8.78 Å². The van der Waals surface area contributed by atoms with Crippen molar-refractivity contribution in [3.8, 4) is 0 Å². The van der Waals surface area contributed by atoms with E-state index in [9.17, 15) is 26.7 Å². The summed E-state index contributed by atoms with van der Waals surface area (Å²) in [6.45, 7) is -0.270. The molecule has 0 spiro atoms. The van der Waals surface area contributed by atoms with Gasteiger partial charge in [-0.15, -0.1) is 5.73 Å². The predicted molar refractivity (Wildman–Crippen MR) is 61.8 cm³/mol. The molecule has 0 saturated carbocycles. The van der Waals surface area contributed by atoms with Crippen molar-refractivity contribution in [1.82, 2.24) is 10.3 Å². The lowest BCUT2D eigenvalue weighted by Gasteiger charge is -2.17. The molecule has 1 aromatic heterocycles. The topological polar surface area (TPSA) is 42.0 Å². The summed E-state index contributed by atoms with van der Waals surface area (Å²) >= 11 is 0. The average molecular weight is 304 g/mol. The highest BCUT2D eigenvalue weighted by Crippen LogP contribution is 2.35. The van der Waals surface area contributed by atoms with E-state index >= 15 is 0 Å². The molecule has 1 heterocycles. The Balaban J connectivity index is 1.88. The molecule has 1 aliphatic rings. The van der Waals surface area contributed by atoms with Gasteiger partial charge >= 0.3 is 6.18 Å². The lowest BCUT2D eigenvalue weighted by Crippen LogP contribution is -2.25. The summed E-state index contributed by atoms with van der Waals surface area (Å²) in [6.07, 6.45) is -4.19. The minimum atomic E-state index is -4.42. The fourth-order valence-electron chi connectivity index (χ4n) is 1.70. The first-order valence-corrected chi connectivity index (χ1v) is 5.87. The van der Waals surface area contributed by atoms with Gasteiger partial charge in [-0.3, -0.25) is 9.78 Å². The van der Waals surface area contributed by atoms with Gasteiger partial charge in [0, 0.05) is 12.5 Å². The van der Waals surface area contributed by atoms with E-state index < -0.39 is 29.3 Å². The molecule has 112 valence electrons. The molecule has 1 N–H and O–H groups in total. The summed E-state index contributed by atoms with van der Waals surface area (Å²) in [6, 6.07) is 0.626. The number of alkyl halides is 3. The van der Waals surface area contributed by atoms with Crippen LogP contribution >= 0.6 is 0 Å². The molecule has 2 rings (SSSR count). The van der Waals surface area contributed by atoms with Crippen molar-refractivity contribution in [3.63, 3.8) is 0 Å². The number of amides is 1. The molecule has 0 bridgehead atoms. The van der Waals surface area contributed by atoms with Gasteiger partial charge in [0.15, 0.2) is 0 Å². The summed E-state index contributed by atoms with van der Waals surface area (Å²) in [5.74, 6) is -2.33. The van der Waals surface area contributed by atoms with Crippen LogP contribution in [0.2, 0.25) is 0 Å². The molecule has 3 nitrogen and oxygen atoms in total.